The number of carbonyl (C=O) groups is 2. The van der Waals surface area contributed by atoms with Crippen LogP contribution in [0.3, 0.4) is 0 Å². The Morgan fingerprint density at radius 3 is 2.19 bits per heavy atom. The molecule has 0 saturated carbocycles. The Kier molecular flexibility index (Phi) is 9.70. The fraction of sp³-hybridized carbons (Fsp3) is 0.517. The van der Waals surface area contributed by atoms with Crippen molar-refractivity contribution in [3.05, 3.63) is 60.2 Å². The lowest BCUT2D eigenvalue weighted by Crippen LogP contribution is -2.44. The molecule has 4 rings (SSSR count). The Labute approximate surface area is 221 Å². The number of piperidine rings is 1. The van der Waals surface area contributed by atoms with Crippen LogP contribution in [0, 0.1) is 0 Å². The van der Waals surface area contributed by atoms with Crippen molar-refractivity contribution in [1.29, 1.82) is 0 Å². The number of amides is 1. The Balaban J connectivity index is 0.000000214. The van der Waals surface area contributed by atoms with Gasteiger partial charge in [0.25, 0.3) is 0 Å². The van der Waals surface area contributed by atoms with Gasteiger partial charge in [0, 0.05) is 32.2 Å². The van der Waals surface area contributed by atoms with Gasteiger partial charge in [0.05, 0.1) is 27.1 Å². The molecule has 0 N–H and O–H groups in total. The van der Waals surface area contributed by atoms with Gasteiger partial charge in [-0.2, -0.15) is 0 Å². The van der Waals surface area contributed by atoms with E-state index < -0.39 is 12.5 Å². The Bertz CT molecular complexity index is 1020. The smallest absolute Gasteiger partial charge is 0.414 e. The van der Waals surface area contributed by atoms with Crippen molar-refractivity contribution in [2.24, 2.45) is 0 Å². The number of ether oxygens (including phenoxy) is 2. The van der Waals surface area contributed by atoms with E-state index in [4.69, 9.17) is 9.47 Å². The first-order chi connectivity index (χ1) is 17.5. The first kappa shape index (κ1) is 28.6. The maximum Gasteiger partial charge on any atom is 0.414 e. The molecule has 4 atom stereocenters. The topological polar surface area (TPSA) is 82.1 Å². The second-order valence-corrected chi connectivity index (χ2v) is 11.0. The van der Waals surface area contributed by atoms with Crippen LogP contribution in [0.1, 0.15) is 37.2 Å². The summed E-state index contributed by atoms with van der Waals surface area (Å²) in [4.78, 5) is 27.5. The molecule has 202 valence electrons. The maximum atomic E-state index is 12.3. The quantitative estimate of drug-likeness (QED) is 0.438. The summed E-state index contributed by atoms with van der Waals surface area (Å²) in [6.45, 7) is -0.456. The predicted octanol–water partition coefficient (Wildman–Crippen LogP) is 3.24. The molecule has 2 fully saturated rings. The minimum absolute atomic E-state index is 0.0241. The molecule has 0 radical (unpaired) electrons. The standard InChI is InChI=1S/C17H22NO3.C12H19N2O2/c1-18-13-7-8-14(18)10-15(9-13)21-17(20)16(11-19)12-5-3-2-4-6-12;1-13(2)12(15)16-11-8-6-7-10(9-11)14(3,4)5/h2-6,13-16H,7-11H2,1H3;6-9H,1-5H3/q-1;+1/t13-,14+,15?,16?;. The number of nitrogens with zero attached hydrogens (tertiary/aromatic N) is 3. The number of esters is 1. The van der Waals surface area contributed by atoms with Gasteiger partial charge >= 0.3 is 12.1 Å². The molecule has 2 heterocycles. The predicted molar refractivity (Wildman–Crippen MR) is 143 cm³/mol. The number of hydrogen-bond donors (Lipinski definition) is 0. The van der Waals surface area contributed by atoms with E-state index in [2.05, 4.69) is 33.1 Å². The summed E-state index contributed by atoms with van der Waals surface area (Å²) in [5.74, 6) is -0.460. The molecule has 1 amide bonds. The molecule has 8 nitrogen and oxygen atoms in total. The normalized spacial score (nSPS) is 21.9. The molecular weight excluding hydrogens is 470 g/mol. The van der Waals surface area contributed by atoms with Crippen LogP contribution in [0.15, 0.2) is 54.6 Å². The van der Waals surface area contributed by atoms with Crippen molar-refractivity contribution < 1.29 is 24.2 Å². The van der Waals surface area contributed by atoms with E-state index in [1.54, 1.807) is 20.2 Å². The highest BCUT2D eigenvalue weighted by Crippen LogP contribution is 2.36. The van der Waals surface area contributed by atoms with Crippen LogP contribution in [0.25, 0.3) is 0 Å². The molecule has 2 aromatic rings. The maximum absolute atomic E-state index is 12.3. The van der Waals surface area contributed by atoms with Crippen molar-refractivity contribution in [3.8, 4) is 5.75 Å². The fourth-order valence-corrected chi connectivity index (χ4v) is 4.85. The third kappa shape index (κ3) is 7.77. The number of rotatable bonds is 6. The van der Waals surface area contributed by atoms with E-state index in [1.807, 2.05) is 48.5 Å². The molecule has 2 aromatic carbocycles. The van der Waals surface area contributed by atoms with Gasteiger partial charge in [-0.15, -0.1) is 6.61 Å². The van der Waals surface area contributed by atoms with Gasteiger partial charge < -0.3 is 24.4 Å². The van der Waals surface area contributed by atoms with Crippen LogP contribution in [0.2, 0.25) is 0 Å². The van der Waals surface area contributed by atoms with E-state index in [9.17, 15) is 14.7 Å². The van der Waals surface area contributed by atoms with E-state index in [1.165, 1.54) is 17.7 Å². The van der Waals surface area contributed by atoms with Gasteiger partial charge in [0.2, 0.25) is 0 Å². The lowest BCUT2D eigenvalue weighted by atomic mass is 9.98. The van der Waals surface area contributed by atoms with Crippen molar-refractivity contribution in [2.45, 2.75) is 49.8 Å². The Hall–Kier alpha value is -2.94. The summed E-state index contributed by atoms with van der Waals surface area (Å²) < 4.78 is 11.5. The Morgan fingerprint density at radius 1 is 1.03 bits per heavy atom. The first-order valence-corrected chi connectivity index (χ1v) is 12.9. The van der Waals surface area contributed by atoms with Crippen molar-refractivity contribution in [1.82, 2.24) is 14.3 Å². The van der Waals surface area contributed by atoms with Crippen molar-refractivity contribution in [3.63, 3.8) is 0 Å². The average molecular weight is 512 g/mol. The fourth-order valence-electron chi connectivity index (χ4n) is 4.85. The molecule has 2 aliphatic rings. The summed E-state index contributed by atoms with van der Waals surface area (Å²) in [5, 5.41) is 11.4. The van der Waals surface area contributed by atoms with Crippen LogP contribution in [-0.4, -0.2) is 88.9 Å². The van der Waals surface area contributed by atoms with Crippen molar-refractivity contribution >= 4 is 17.7 Å². The summed E-state index contributed by atoms with van der Waals surface area (Å²) in [7, 11) is 11.7. The molecule has 0 spiro atoms. The van der Waals surface area contributed by atoms with Gasteiger partial charge in [-0.05, 0) is 50.4 Å². The molecular formula is C29H41N3O5. The molecule has 0 aliphatic carbocycles. The molecule has 2 unspecified atom stereocenters. The number of fused-ring (bicyclic) bond motifs is 2. The number of benzene rings is 2. The summed E-state index contributed by atoms with van der Waals surface area (Å²) >= 11 is 0. The SMILES string of the molecule is CN(C)C(=O)Oc1cccc([N+](C)(C)C)c1.CN1[C@@H]2CC[C@H]1CC(OC(=O)C(C[O-])c1ccccc1)C2. The zero-order valence-electron chi connectivity index (χ0n) is 22.9. The number of carbonyl (C=O) groups excluding carboxylic acids is 2. The third-order valence-corrected chi connectivity index (χ3v) is 7.15. The first-order valence-electron chi connectivity index (χ1n) is 12.9. The van der Waals surface area contributed by atoms with Gasteiger partial charge in [-0.3, -0.25) is 9.28 Å². The van der Waals surface area contributed by atoms with Crippen molar-refractivity contribution in [2.75, 3.05) is 48.9 Å². The average Bonchev–Trinajstić information content (AvgIpc) is 3.05. The van der Waals surface area contributed by atoms with Crippen LogP contribution < -0.4 is 14.3 Å². The molecule has 2 aliphatic heterocycles. The molecule has 2 bridgehead atoms. The highest BCUT2D eigenvalue weighted by molar-refractivity contribution is 5.78. The Morgan fingerprint density at radius 2 is 1.65 bits per heavy atom. The zero-order valence-corrected chi connectivity index (χ0v) is 22.9. The van der Waals surface area contributed by atoms with E-state index in [-0.39, 0.29) is 18.2 Å². The van der Waals surface area contributed by atoms with Gasteiger partial charge in [0.15, 0.2) is 0 Å². The molecule has 2 saturated heterocycles. The molecule has 37 heavy (non-hydrogen) atoms. The summed E-state index contributed by atoms with van der Waals surface area (Å²) in [5.41, 5.74) is 1.84. The van der Waals surface area contributed by atoms with Crippen LogP contribution in [0.5, 0.6) is 5.75 Å². The monoisotopic (exact) mass is 511 g/mol. The second kappa shape index (κ2) is 12.5. The molecule has 0 aromatic heterocycles. The number of hydrogen-bond acceptors (Lipinski definition) is 6. The van der Waals surface area contributed by atoms with Gasteiger partial charge in [0.1, 0.15) is 17.5 Å². The van der Waals surface area contributed by atoms with E-state index >= 15 is 0 Å². The second-order valence-electron chi connectivity index (χ2n) is 11.0. The minimum atomic E-state index is -0.677. The highest BCUT2D eigenvalue weighted by atomic mass is 16.6. The highest BCUT2D eigenvalue weighted by Gasteiger charge is 2.40. The van der Waals surface area contributed by atoms with E-state index in [0.717, 1.165) is 24.1 Å². The summed E-state index contributed by atoms with van der Waals surface area (Å²) in [6.07, 6.45) is 3.80. The van der Waals surface area contributed by atoms with Gasteiger partial charge in [-0.1, -0.05) is 36.4 Å². The van der Waals surface area contributed by atoms with E-state index in [0.29, 0.717) is 22.3 Å². The number of quaternary nitrogens is 1. The van der Waals surface area contributed by atoms with Crippen LogP contribution in [-0.2, 0) is 9.53 Å². The largest absolute Gasteiger partial charge is 0.854 e. The van der Waals surface area contributed by atoms with Crippen LogP contribution >= 0.6 is 0 Å². The lowest BCUT2D eigenvalue weighted by molar-refractivity contribution is -0.371. The minimum Gasteiger partial charge on any atom is -0.854 e. The van der Waals surface area contributed by atoms with Gasteiger partial charge in [-0.25, -0.2) is 4.79 Å². The lowest BCUT2D eigenvalue weighted by Gasteiger charge is -2.36. The van der Waals surface area contributed by atoms with Crippen LogP contribution in [0.4, 0.5) is 10.5 Å². The zero-order chi connectivity index (χ0) is 27.2. The molecule has 8 heteroatoms. The third-order valence-electron chi connectivity index (χ3n) is 7.15. The summed E-state index contributed by atoms with van der Waals surface area (Å²) in [6, 6.07) is 17.8.